The van der Waals surface area contributed by atoms with Crippen molar-refractivity contribution in [2.24, 2.45) is 5.16 Å². The quantitative estimate of drug-likeness (QED) is 0.436. The van der Waals surface area contributed by atoms with Crippen molar-refractivity contribution in [3.8, 4) is 0 Å². The van der Waals surface area contributed by atoms with Crippen molar-refractivity contribution in [1.29, 1.82) is 0 Å². The Morgan fingerprint density at radius 3 is 2.45 bits per heavy atom. The van der Waals surface area contributed by atoms with Crippen molar-refractivity contribution in [2.45, 2.75) is 25.0 Å². The molecule has 0 N–H and O–H groups in total. The molecule has 20 heavy (non-hydrogen) atoms. The summed E-state index contributed by atoms with van der Waals surface area (Å²) in [4.78, 5) is 17.1. The highest BCUT2D eigenvalue weighted by atomic mass is 32.2. The van der Waals surface area contributed by atoms with Crippen LogP contribution in [0.5, 0.6) is 0 Å². The lowest BCUT2D eigenvalue weighted by atomic mass is 10.1. The van der Waals surface area contributed by atoms with Crippen LogP contribution in [0.3, 0.4) is 0 Å². The molecule has 0 bridgehead atoms. The first-order valence-electron chi connectivity index (χ1n) is 6.39. The molecule has 3 nitrogen and oxygen atoms in total. The Morgan fingerprint density at radius 2 is 1.90 bits per heavy atom. The third kappa shape index (κ3) is 5.21. The van der Waals surface area contributed by atoms with Gasteiger partial charge < -0.3 is 4.84 Å². The van der Waals surface area contributed by atoms with Gasteiger partial charge in [0.25, 0.3) is 0 Å². The Bertz CT molecular complexity index is 458. The van der Waals surface area contributed by atoms with E-state index in [4.69, 9.17) is 4.84 Å². The Labute approximate surface area is 129 Å². The maximum Gasteiger partial charge on any atom is 0.350 e. The first-order chi connectivity index (χ1) is 9.51. The second kappa shape index (κ2) is 8.37. The summed E-state index contributed by atoms with van der Waals surface area (Å²) >= 11 is 3.20. The molecule has 0 saturated heterocycles. The van der Waals surface area contributed by atoms with Gasteiger partial charge in [0, 0.05) is 6.42 Å². The summed E-state index contributed by atoms with van der Waals surface area (Å²) in [6.07, 6.45) is 4.71. The van der Waals surface area contributed by atoms with Crippen LogP contribution in [0, 0.1) is 0 Å². The fraction of sp³-hybridized carbons (Fsp3) is 0.467. The number of nitrogens with zero attached hydrogens (tertiary/aromatic N) is 1. The normalized spacial score (nSPS) is 12.3. The third-order valence-corrected chi connectivity index (χ3v) is 4.69. The van der Waals surface area contributed by atoms with E-state index >= 15 is 0 Å². The molecule has 0 radical (unpaired) electrons. The highest BCUT2D eigenvalue weighted by Gasteiger charge is 2.28. The fourth-order valence-corrected chi connectivity index (χ4v) is 1.96. The molecule has 1 aromatic rings. The number of oxime groups is 1. The second-order valence-electron chi connectivity index (χ2n) is 4.74. The summed E-state index contributed by atoms with van der Waals surface area (Å²) in [5.74, 6) is 0.625. The predicted octanol–water partition coefficient (Wildman–Crippen LogP) is 3.83. The van der Waals surface area contributed by atoms with Crippen LogP contribution < -0.4 is 0 Å². The van der Waals surface area contributed by atoms with E-state index in [1.165, 1.54) is 11.8 Å². The van der Waals surface area contributed by atoms with E-state index in [2.05, 4.69) is 5.16 Å². The maximum absolute atomic E-state index is 12.0. The Hall–Kier alpha value is -0.940. The zero-order chi connectivity index (χ0) is 15.0. The average Bonchev–Trinajstić information content (AvgIpc) is 2.48. The smallest absolute Gasteiger partial charge is 0.316 e. The van der Waals surface area contributed by atoms with Gasteiger partial charge in [0.15, 0.2) is 0 Å². The summed E-state index contributed by atoms with van der Waals surface area (Å²) in [6, 6.07) is 9.83. The summed E-state index contributed by atoms with van der Waals surface area (Å²) in [6.45, 7) is 3.67. The van der Waals surface area contributed by atoms with Crippen LogP contribution in [0.4, 0.5) is 0 Å². The molecular weight excluding hydrogens is 290 g/mol. The van der Waals surface area contributed by atoms with Crippen LogP contribution in [-0.4, -0.2) is 34.7 Å². The molecule has 0 aliphatic carbocycles. The number of thioether (sulfide) groups is 2. The molecule has 0 aromatic heterocycles. The van der Waals surface area contributed by atoms with Crippen molar-refractivity contribution >= 4 is 35.2 Å². The number of carbonyl (C=O) groups excluding carboxylic acids is 1. The SMILES string of the molecule is CSCCC(=NOC(=O)C(C)(C)SC)c1ccccc1. The topological polar surface area (TPSA) is 38.7 Å². The summed E-state index contributed by atoms with van der Waals surface area (Å²) in [5, 5.41) is 4.09. The second-order valence-corrected chi connectivity index (χ2v) is 7.15. The zero-order valence-corrected chi connectivity index (χ0v) is 14.0. The van der Waals surface area contributed by atoms with Crippen LogP contribution in [0.25, 0.3) is 0 Å². The van der Waals surface area contributed by atoms with Crippen LogP contribution in [0.1, 0.15) is 25.8 Å². The minimum Gasteiger partial charge on any atom is -0.316 e. The molecule has 0 unspecified atom stereocenters. The van der Waals surface area contributed by atoms with Gasteiger partial charge in [-0.05, 0) is 37.7 Å². The molecule has 1 aromatic carbocycles. The summed E-state index contributed by atoms with van der Waals surface area (Å²) < 4.78 is -0.579. The monoisotopic (exact) mass is 311 g/mol. The van der Waals surface area contributed by atoms with Crippen molar-refractivity contribution in [1.82, 2.24) is 0 Å². The molecule has 1 rings (SSSR count). The van der Waals surface area contributed by atoms with E-state index in [9.17, 15) is 4.79 Å². The van der Waals surface area contributed by atoms with Gasteiger partial charge in [0.1, 0.15) is 4.75 Å². The first-order valence-corrected chi connectivity index (χ1v) is 9.01. The molecule has 0 saturated carbocycles. The number of benzene rings is 1. The van der Waals surface area contributed by atoms with E-state index in [1.807, 2.05) is 56.7 Å². The van der Waals surface area contributed by atoms with E-state index in [1.54, 1.807) is 11.8 Å². The van der Waals surface area contributed by atoms with Crippen molar-refractivity contribution in [3.63, 3.8) is 0 Å². The predicted molar refractivity (Wildman–Crippen MR) is 89.7 cm³/mol. The Morgan fingerprint density at radius 1 is 1.25 bits per heavy atom. The number of rotatable bonds is 7. The van der Waals surface area contributed by atoms with Gasteiger partial charge in [0.2, 0.25) is 0 Å². The van der Waals surface area contributed by atoms with Crippen molar-refractivity contribution < 1.29 is 9.63 Å². The van der Waals surface area contributed by atoms with Crippen molar-refractivity contribution in [3.05, 3.63) is 35.9 Å². The molecule has 0 atom stereocenters. The highest BCUT2D eigenvalue weighted by molar-refractivity contribution is 8.00. The summed E-state index contributed by atoms with van der Waals surface area (Å²) in [5.41, 5.74) is 1.81. The van der Waals surface area contributed by atoms with E-state index in [0.717, 1.165) is 23.4 Å². The lowest BCUT2D eigenvalue weighted by Gasteiger charge is -2.17. The van der Waals surface area contributed by atoms with Crippen LogP contribution in [0.15, 0.2) is 35.5 Å². The Kier molecular flexibility index (Phi) is 7.16. The minimum absolute atomic E-state index is 0.317. The van der Waals surface area contributed by atoms with Crippen LogP contribution in [-0.2, 0) is 9.63 Å². The van der Waals surface area contributed by atoms with Gasteiger partial charge in [-0.3, -0.25) is 0 Å². The molecule has 0 amide bonds. The lowest BCUT2D eigenvalue weighted by Crippen LogP contribution is -2.28. The fourth-order valence-electron chi connectivity index (χ4n) is 1.36. The average molecular weight is 311 g/mol. The molecule has 0 spiro atoms. The van der Waals surface area contributed by atoms with Crippen LogP contribution >= 0.6 is 23.5 Å². The van der Waals surface area contributed by atoms with E-state index in [0.29, 0.717) is 0 Å². The van der Waals surface area contributed by atoms with E-state index in [-0.39, 0.29) is 5.97 Å². The molecule has 110 valence electrons. The van der Waals surface area contributed by atoms with Gasteiger partial charge >= 0.3 is 5.97 Å². The van der Waals surface area contributed by atoms with E-state index < -0.39 is 4.75 Å². The highest BCUT2D eigenvalue weighted by Crippen LogP contribution is 2.23. The van der Waals surface area contributed by atoms with Gasteiger partial charge in [-0.2, -0.15) is 11.8 Å². The molecule has 0 aliphatic rings. The Balaban J connectivity index is 2.84. The minimum atomic E-state index is -0.579. The first kappa shape index (κ1) is 17.1. The van der Waals surface area contributed by atoms with Gasteiger partial charge in [-0.15, -0.1) is 11.8 Å². The number of hydrogen-bond acceptors (Lipinski definition) is 5. The van der Waals surface area contributed by atoms with Gasteiger partial charge in [-0.25, -0.2) is 4.79 Å². The molecule has 0 heterocycles. The maximum atomic E-state index is 12.0. The van der Waals surface area contributed by atoms with Gasteiger partial charge in [0.05, 0.1) is 5.71 Å². The third-order valence-electron chi connectivity index (χ3n) is 2.89. The number of hydrogen-bond donors (Lipinski definition) is 0. The number of carbonyl (C=O) groups is 1. The standard InChI is InChI=1S/C15H21NO2S2/c1-15(2,20-4)14(17)18-16-13(10-11-19-3)12-8-6-5-7-9-12/h5-9H,10-11H2,1-4H3. The lowest BCUT2D eigenvalue weighted by molar-refractivity contribution is -0.145. The zero-order valence-electron chi connectivity index (χ0n) is 12.4. The largest absolute Gasteiger partial charge is 0.350 e. The molecule has 0 aliphatic heterocycles. The van der Waals surface area contributed by atoms with Crippen molar-refractivity contribution in [2.75, 3.05) is 18.3 Å². The van der Waals surface area contributed by atoms with Crippen LogP contribution in [0.2, 0.25) is 0 Å². The molecular formula is C15H21NO2S2. The molecule has 0 fully saturated rings. The van der Waals surface area contributed by atoms with Gasteiger partial charge in [-0.1, -0.05) is 35.5 Å². The molecule has 5 heteroatoms. The summed E-state index contributed by atoms with van der Waals surface area (Å²) in [7, 11) is 0.